The van der Waals surface area contributed by atoms with E-state index in [1.165, 1.54) is 0 Å². The van der Waals surface area contributed by atoms with Gasteiger partial charge in [-0.05, 0) is 6.92 Å². The van der Waals surface area contributed by atoms with Crippen LogP contribution in [0.4, 0.5) is 5.82 Å². The molecule has 0 saturated heterocycles. The minimum atomic E-state index is 0.0179. The molecule has 0 amide bonds. The molecular weight excluding hydrogens is 142 g/mol. The van der Waals surface area contributed by atoms with Gasteiger partial charge in [-0.2, -0.15) is 5.10 Å². The van der Waals surface area contributed by atoms with Crippen molar-refractivity contribution >= 4 is 11.9 Å². The quantitative estimate of drug-likeness (QED) is 0.572. The van der Waals surface area contributed by atoms with Crippen LogP contribution in [-0.2, 0) is 0 Å². The summed E-state index contributed by atoms with van der Waals surface area (Å²) < 4.78 is 0. The molecule has 4 nitrogen and oxygen atoms in total. The Morgan fingerprint density at radius 1 is 1.73 bits per heavy atom. The molecule has 0 fully saturated rings. The number of rotatable bonds is 2. The molecule has 11 heavy (non-hydrogen) atoms. The summed E-state index contributed by atoms with van der Waals surface area (Å²) in [6, 6.07) is 0. The molecule has 1 heterocycles. The molecule has 0 unspecified atom stereocenters. The number of nitrogen functional groups attached to an aromatic ring is 1. The molecule has 60 valence electrons. The SMILES string of the molecule is Cc1[nH]nc(N)c1C=CCO. The third kappa shape index (κ3) is 1.59. The molecule has 0 aromatic carbocycles. The van der Waals surface area contributed by atoms with Crippen LogP contribution in [0.25, 0.3) is 6.08 Å². The monoisotopic (exact) mass is 153 g/mol. The maximum Gasteiger partial charge on any atom is 0.152 e. The van der Waals surface area contributed by atoms with E-state index in [0.717, 1.165) is 11.3 Å². The van der Waals surface area contributed by atoms with Crippen molar-refractivity contribution in [2.24, 2.45) is 0 Å². The lowest BCUT2D eigenvalue weighted by molar-refractivity contribution is 0.343. The van der Waals surface area contributed by atoms with Crippen LogP contribution in [0.5, 0.6) is 0 Å². The van der Waals surface area contributed by atoms with Crippen LogP contribution in [0.3, 0.4) is 0 Å². The van der Waals surface area contributed by atoms with E-state index in [1.54, 1.807) is 12.2 Å². The second-order valence-corrected chi connectivity index (χ2v) is 2.23. The number of hydrogen-bond acceptors (Lipinski definition) is 3. The summed E-state index contributed by atoms with van der Waals surface area (Å²) in [7, 11) is 0. The summed E-state index contributed by atoms with van der Waals surface area (Å²) in [5, 5.41) is 15.0. The first kappa shape index (κ1) is 7.81. The second kappa shape index (κ2) is 3.21. The molecule has 1 rings (SSSR count). The van der Waals surface area contributed by atoms with E-state index >= 15 is 0 Å². The van der Waals surface area contributed by atoms with Gasteiger partial charge in [-0.3, -0.25) is 5.10 Å². The van der Waals surface area contributed by atoms with Crippen LogP contribution in [0.2, 0.25) is 0 Å². The van der Waals surface area contributed by atoms with Crippen molar-refractivity contribution in [1.29, 1.82) is 0 Å². The van der Waals surface area contributed by atoms with E-state index in [9.17, 15) is 0 Å². The van der Waals surface area contributed by atoms with Crippen LogP contribution in [0.1, 0.15) is 11.3 Å². The van der Waals surface area contributed by atoms with E-state index in [4.69, 9.17) is 10.8 Å². The van der Waals surface area contributed by atoms with Crippen LogP contribution < -0.4 is 5.73 Å². The number of aryl methyl sites for hydroxylation is 1. The average molecular weight is 153 g/mol. The number of aliphatic hydroxyl groups is 1. The number of aromatic nitrogens is 2. The Bertz CT molecular complexity index is 245. The average Bonchev–Trinajstić information content (AvgIpc) is 2.29. The first-order valence-electron chi connectivity index (χ1n) is 3.33. The molecule has 0 aliphatic rings. The van der Waals surface area contributed by atoms with Crippen molar-refractivity contribution in [3.05, 3.63) is 17.3 Å². The van der Waals surface area contributed by atoms with E-state index in [1.807, 2.05) is 6.92 Å². The van der Waals surface area contributed by atoms with E-state index in [0.29, 0.717) is 5.82 Å². The first-order valence-corrected chi connectivity index (χ1v) is 3.33. The molecule has 0 saturated carbocycles. The minimum absolute atomic E-state index is 0.0179. The van der Waals surface area contributed by atoms with Crippen molar-refractivity contribution in [2.45, 2.75) is 6.92 Å². The van der Waals surface area contributed by atoms with Crippen LogP contribution in [0.15, 0.2) is 6.08 Å². The highest BCUT2D eigenvalue weighted by molar-refractivity contribution is 5.62. The second-order valence-electron chi connectivity index (χ2n) is 2.23. The predicted molar refractivity (Wildman–Crippen MR) is 43.9 cm³/mol. The Kier molecular flexibility index (Phi) is 2.28. The minimum Gasteiger partial charge on any atom is -0.392 e. The third-order valence-electron chi connectivity index (χ3n) is 1.41. The molecule has 1 aromatic rings. The van der Waals surface area contributed by atoms with Gasteiger partial charge in [0.15, 0.2) is 5.82 Å². The number of nitrogens with zero attached hydrogens (tertiary/aromatic N) is 1. The maximum atomic E-state index is 8.49. The number of H-pyrrole nitrogens is 1. The van der Waals surface area contributed by atoms with Crippen LogP contribution in [-0.4, -0.2) is 21.9 Å². The summed E-state index contributed by atoms with van der Waals surface area (Å²) in [5.74, 6) is 0.465. The van der Waals surface area contributed by atoms with Gasteiger partial charge in [-0.25, -0.2) is 0 Å². The predicted octanol–water partition coefficient (Wildman–Crippen LogP) is 0.306. The molecule has 1 aromatic heterocycles. The van der Waals surface area contributed by atoms with E-state index in [-0.39, 0.29) is 6.61 Å². The van der Waals surface area contributed by atoms with Crippen molar-refractivity contribution < 1.29 is 5.11 Å². The van der Waals surface area contributed by atoms with Gasteiger partial charge in [-0.1, -0.05) is 12.2 Å². The van der Waals surface area contributed by atoms with E-state index < -0.39 is 0 Å². The number of aliphatic hydroxyl groups excluding tert-OH is 1. The van der Waals surface area contributed by atoms with Crippen molar-refractivity contribution in [1.82, 2.24) is 10.2 Å². The fourth-order valence-corrected chi connectivity index (χ4v) is 0.838. The van der Waals surface area contributed by atoms with Gasteiger partial charge in [0.2, 0.25) is 0 Å². The number of hydrogen-bond donors (Lipinski definition) is 3. The van der Waals surface area contributed by atoms with Gasteiger partial charge in [-0.15, -0.1) is 0 Å². The molecule has 0 bridgehead atoms. The largest absolute Gasteiger partial charge is 0.392 e. The van der Waals surface area contributed by atoms with Gasteiger partial charge in [0.05, 0.1) is 6.61 Å². The Balaban J connectivity index is 2.92. The first-order chi connectivity index (χ1) is 5.25. The highest BCUT2D eigenvalue weighted by Crippen LogP contribution is 2.13. The molecular formula is C7H11N3O. The normalized spacial score (nSPS) is 11.1. The summed E-state index contributed by atoms with van der Waals surface area (Å²) in [6.07, 6.45) is 3.36. The topological polar surface area (TPSA) is 74.9 Å². The zero-order valence-corrected chi connectivity index (χ0v) is 6.33. The lowest BCUT2D eigenvalue weighted by Crippen LogP contribution is -1.87. The van der Waals surface area contributed by atoms with Crippen molar-refractivity contribution in [2.75, 3.05) is 12.3 Å². The molecule has 0 aliphatic carbocycles. The maximum absolute atomic E-state index is 8.49. The zero-order valence-electron chi connectivity index (χ0n) is 6.33. The highest BCUT2D eigenvalue weighted by atomic mass is 16.2. The number of anilines is 1. The lowest BCUT2D eigenvalue weighted by atomic mass is 10.2. The van der Waals surface area contributed by atoms with Gasteiger partial charge in [0.1, 0.15) is 0 Å². The van der Waals surface area contributed by atoms with Crippen molar-refractivity contribution in [3.8, 4) is 0 Å². The molecule has 0 radical (unpaired) electrons. The number of aromatic amines is 1. The lowest BCUT2D eigenvalue weighted by Gasteiger charge is -1.89. The van der Waals surface area contributed by atoms with Crippen LogP contribution >= 0.6 is 0 Å². The van der Waals surface area contributed by atoms with Crippen LogP contribution in [0, 0.1) is 6.92 Å². The molecule has 0 atom stereocenters. The third-order valence-corrected chi connectivity index (χ3v) is 1.41. The number of nitrogens with two attached hydrogens (primary N) is 1. The zero-order chi connectivity index (χ0) is 8.27. The number of nitrogens with one attached hydrogen (secondary N) is 1. The molecule has 0 aliphatic heterocycles. The van der Waals surface area contributed by atoms with Gasteiger partial charge in [0.25, 0.3) is 0 Å². The Morgan fingerprint density at radius 2 is 2.45 bits per heavy atom. The Hall–Kier alpha value is -1.29. The van der Waals surface area contributed by atoms with E-state index in [2.05, 4.69) is 10.2 Å². The van der Waals surface area contributed by atoms with Crippen molar-refractivity contribution in [3.63, 3.8) is 0 Å². The van der Waals surface area contributed by atoms with Gasteiger partial charge < -0.3 is 10.8 Å². The Labute approximate surface area is 64.7 Å². The fraction of sp³-hybridized carbons (Fsp3) is 0.286. The fourth-order valence-electron chi connectivity index (χ4n) is 0.838. The standard InChI is InChI=1S/C7H11N3O/c1-5-6(3-2-4-11)7(8)10-9-5/h2-3,11H,4H2,1H3,(H3,8,9,10). The Morgan fingerprint density at radius 3 is 2.91 bits per heavy atom. The molecule has 0 spiro atoms. The summed E-state index contributed by atoms with van der Waals surface area (Å²) in [4.78, 5) is 0. The molecule has 4 N–H and O–H groups in total. The molecule has 4 heteroatoms. The summed E-state index contributed by atoms with van der Waals surface area (Å²) >= 11 is 0. The highest BCUT2D eigenvalue weighted by Gasteiger charge is 2.01. The van der Waals surface area contributed by atoms with Gasteiger partial charge in [0, 0.05) is 11.3 Å². The summed E-state index contributed by atoms with van der Waals surface area (Å²) in [6.45, 7) is 1.89. The van der Waals surface area contributed by atoms with Gasteiger partial charge >= 0.3 is 0 Å². The summed E-state index contributed by atoms with van der Waals surface area (Å²) in [5.41, 5.74) is 7.26. The smallest absolute Gasteiger partial charge is 0.152 e.